The number of hydrogen-bond acceptors (Lipinski definition) is 2. The number of halogens is 3. The molecule has 0 amide bonds. The summed E-state index contributed by atoms with van der Waals surface area (Å²) < 4.78 is 63.0. The monoisotopic (exact) mass is 279 g/mol. The summed E-state index contributed by atoms with van der Waals surface area (Å²) in [5, 5.41) is 0. The topological polar surface area (TPSA) is 46.2 Å². The molecule has 1 saturated carbocycles. The molecule has 2 rings (SSSR count). The maximum Gasteiger partial charge on any atom is 0.416 e. The van der Waals surface area contributed by atoms with E-state index in [0.717, 1.165) is 43.5 Å². The fourth-order valence-electron chi connectivity index (χ4n) is 1.64. The lowest BCUT2D eigenvalue weighted by atomic mass is 9.94. The van der Waals surface area contributed by atoms with Crippen molar-refractivity contribution in [2.75, 3.05) is 0 Å². The first-order valence-electron chi connectivity index (χ1n) is 5.49. The molecule has 0 aliphatic heterocycles. The van der Waals surface area contributed by atoms with Crippen molar-refractivity contribution in [3.63, 3.8) is 0 Å². The Labute approximate surface area is 103 Å². The van der Waals surface area contributed by atoms with E-state index < -0.39 is 21.8 Å². The van der Waals surface area contributed by atoms with Crippen LogP contribution < -0.4 is 4.72 Å². The quantitative estimate of drug-likeness (QED) is 0.924. The van der Waals surface area contributed by atoms with Gasteiger partial charge in [-0.3, -0.25) is 0 Å². The van der Waals surface area contributed by atoms with Crippen LogP contribution in [0.25, 0.3) is 0 Å². The van der Waals surface area contributed by atoms with Crippen molar-refractivity contribution in [3.8, 4) is 0 Å². The Morgan fingerprint density at radius 1 is 1.11 bits per heavy atom. The zero-order valence-corrected chi connectivity index (χ0v) is 10.2. The van der Waals surface area contributed by atoms with E-state index >= 15 is 0 Å². The van der Waals surface area contributed by atoms with E-state index in [0.29, 0.717) is 0 Å². The number of nitrogens with one attached hydrogen (secondary N) is 1. The van der Waals surface area contributed by atoms with Gasteiger partial charge in [0, 0.05) is 6.04 Å². The highest BCUT2D eigenvalue weighted by Gasteiger charge is 2.31. The summed E-state index contributed by atoms with van der Waals surface area (Å²) in [7, 11) is -3.70. The molecule has 3 nitrogen and oxygen atoms in total. The molecule has 1 aromatic carbocycles. The summed E-state index contributed by atoms with van der Waals surface area (Å²) in [6.45, 7) is 0. The molecule has 0 atom stereocenters. The zero-order valence-electron chi connectivity index (χ0n) is 9.37. The van der Waals surface area contributed by atoms with Gasteiger partial charge in [0.05, 0.1) is 10.5 Å². The summed E-state index contributed by atoms with van der Waals surface area (Å²) in [6, 6.07) is 3.41. The first-order valence-corrected chi connectivity index (χ1v) is 6.97. The fraction of sp³-hybridized carbons (Fsp3) is 0.455. The van der Waals surface area contributed by atoms with Gasteiger partial charge in [0.25, 0.3) is 0 Å². The molecule has 18 heavy (non-hydrogen) atoms. The number of hydrogen-bond donors (Lipinski definition) is 1. The van der Waals surface area contributed by atoms with Crippen LogP contribution in [0.15, 0.2) is 29.2 Å². The SMILES string of the molecule is O=S(=O)(NC1CCC1)c1ccc(C(F)(F)F)cc1. The van der Waals surface area contributed by atoms with Crippen LogP contribution in [-0.2, 0) is 16.2 Å². The molecule has 0 aromatic heterocycles. The molecule has 1 aromatic rings. The van der Waals surface area contributed by atoms with E-state index in [1.807, 2.05) is 0 Å². The maximum absolute atomic E-state index is 12.3. The van der Waals surface area contributed by atoms with Crippen LogP contribution in [0.1, 0.15) is 24.8 Å². The van der Waals surface area contributed by atoms with Gasteiger partial charge in [-0.15, -0.1) is 0 Å². The highest BCUT2D eigenvalue weighted by molar-refractivity contribution is 7.89. The summed E-state index contributed by atoms with van der Waals surface area (Å²) in [5.74, 6) is 0. The fourth-order valence-corrected chi connectivity index (χ4v) is 2.94. The highest BCUT2D eigenvalue weighted by Crippen LogP contribution is 2.30. The van der Waals surface area contributed by atoms with E-state index in [2.05, 4.69) is 4.72 Å². The Hall–Kier alpha value is -1.08. The predicted octanol–water partition coefficient (Wildman–Crippen LogP) is 2.54. The van der Waals surface area contributed by atoms with Crippen molar-refractivity contribution < 1.29 is 21.6 Å². The normalized spacial score (nSPS) is 17.5. The lowest BCUT2D eigenvalue weighted by molar-refractivity contribution is -0.137. The molecular formula is C11H12F3NO2S. The molecule has 0 bridgehead atoms. The van der Waals surface area contributed by atoms with Crippen LogP contribution in [0.5, 0.6) is 0 Å². The largest absolute Gasteiger partial charge is 0.416 e. The summed E-state index contributed by atoms with van der Waals surface area (Å²) in [6.07, 6.45) is -1.93. The van der Waals surface area contributed by atoms with Gasteiger partial charge >= 0.3 is 6.18 Å². The standard InChI is InChI=1S/C11H12F3NO2S/c12-11(13,14)8-4-6-10(7-5-8)18(16,17)15-9-2-1-3-9/h4-7,9,15H,1-3H2. The van der Waals surface area contributed by atoms with Gasteiger partial charge < -0.3 is 0 Å². The van der Waals surface area contributed by atoms with Crippen molar-refractivity contribution in [2.24, 2.45) is 0 Å². The minimum Gasteiger partial charge on any atom is -0.208 e. The minimum absolute atomic E-state index is 0.0858. The lowest BCUT2D eigenvalue weighted by Gasteiger charge is -2.26. The van der Waals surface area contributed by atoms with Crippen LogP contribution in [0.2, 0.25) is 0 Å². The van der Waals surface area contributed by atoms with E-state index in [1.165, 1.54) is 0 Å². The zero-order chi connectivity index (χ0) is 13.4. The maximum atomic E-state index is 12.3. The Kier molecular flexibility index (Phi) is 3.37. The van der Waals surface area contributed by atoms with E-state index in [1.54, 1.807) is 0 Å². The lowest BCUT2D eigenvalue weighted by Crippen LogP contribution is -2.39. The number of benzene rings is 1. The molecule has 1 N–H and O–H groups in total. The molecule has 0 radical (unpaired) electrons. The third-order valence-electron chi connectivity index (χ3n) is 2.92. The first kappa shape index (κ1) is 13.4. The van der Waals surface area contributed by atoms with Gasteiger partial charge in [0.1, 0.15) is 0 Å². The smallest absolute Gasteiger partial charge is 0.208 e. The third-order valence-corrected chi connectivity index (χ3v) is 4.46. The molecule has 0 saturated heterocycles. The first-order chi connectivity index (χ1) is 8.29. The number of rotatable bonds is 3. The van der Waals surface area contributed by atoms with Crippen LogP contribution in [0, 0.1) is 0 Å². The highest BCUT2D eigenvalue weighted by atomic mass is 32.2. The van der Waals surface area contributed by atoms with Gasteiger partial charge in [0.2, 0.25) is 10.0 Å². The minimum atomic E-state index is -4.45. The molecule has 1 aliphatic carbocycles. The van der Waals surface area contributed by atoms with Crippen LogP contribution in [0.4, 0.5) is 13.2 Å². The van der Waals surface area contributed by atoms with Crippen molar-refractivity contribution >= 4 is 10.0 Å². The van der Waals surface area contributed by atoms with Gasteiger partial charge in [-0.25, -0.2) is 13.1 Å². The average molecular weight is 279 g/mol. The molecule has 1 fully saturated rings. The van der Waals surface area contributed by atoms with Gasteiger partial charge in [-0.05, 0) is 37.1 Å². The average Bonchev–Trinajstić information content (AvgIpc) is 2.23. The molecule has 0 unspecified atom stereocenters. The van der Waals surface area contributed by atoms with E-state index in [-0.39, 0.29) is 10.9 Å². The second-order valence-corrected chi connectivity index (χ2v) is 5.99. The number of sulfonamides is 1. The summed E-state index contributed by atoms with van der Waals surface area (Å²) in [5.41, 5.74) is -0.856. The number of alkyl halides is 3. The summed E-state index contributed by atoms with van der Waals surface area (Å²) in [4.78, 5) is -0.137. The van der Waals surface area contributed by atoms with Crippen molar-refractivity contribution in [1.82, 2.24) is 4.72 Å². The van der Waals surface area contributed by atoms with Crippen molar-refractivity contribution in [3.05, 3.63) is 29.8 Å². The van der Waals surface area contributed by atoms with Crippen LogP contribution in [-0.4, -0.2) is 14.5 Å². The molecular weight excluding hydrogens is 267 g/mol. The molecule has 0 heterocycles. The van der Waals surface area contributed by atoms with Gasteiger partial charge in [-0.1, -0.05) is 6.42 Å². The van der Waals surface area contributed by atoms with Crippen molar-refractivity contribution in [1.29, 1.82) is 0 Å². The third kappa shape index (κ3) is 2.84. The Balaban J connectivity index is 2.18. The Morgan fingerprint density at radius 2 is 1.67 bits per heavy atom. The Bertz CT molecular complexity index is 518. The second-order valence-electron chi connectivity index (χ2n) is 4.27. The van der Waals surface area contributed by atoms with Crippen molar-refractivity contribution in [2.45, 2.75) is 36.4 Å². The second kappa shape index (κ2) is 4.55. The predicted molar refractivity (Wildman–Crippen MR) is 59.4 cm³/mol. The Morgan fingerprint density at radius 3 is 2.06 bits per heavy atom. The van der Waals surface area contributed by atoms with E-state index in [9.17, 15) is 21.6 Å². The molecule has 7 heteroatoms. The molecule has 0 spiro atoms. The molecule has 100 valence electrons. The van der Waals surface area contributed by atoms with E-state index in [4.69, 9.17) is 0 Å². The van der Waals surface area contributed by atoms with Crippen LogP contribution in [0.3, 0.4) is 0 Å². The molecule has 1 aliphatic rings. The summed E-state index contributed by atoms with van der Waals surface area (Å²) >= 11 is 0. The van der Waals surface area contributed by atoms with Crippen LogP contribution >= 0.6 is 0 Å². The van der Waals surface area contributed by atoms with Gasteiger partial charge in [0.15, 0.2) is 0 Å². The van der Waals surface area contributed by atoms with Gasteiger partial charge in [-0.2, -0.15) is 13.2 Å².